The van der Waals surface area contributed by atoms with Gasteiger partial charge in [0.15, 0.2) is 0 Å². The van der Waals surface area contributed by atoms with E-state index in [0.717, 1.165) is 4.31 Å². The molecule has 0 saturated heterocycles. The Labute approximate surface area is 220 Å². The number of amides is 2. The molecule has 0 atom stereocenters. The van der Waals surface area contributed by atoms with Gasteiger partial charge in [-0.05, 0) is 54.8 Å². The molecule has 0 aliphatic heterocycles. The summed E-state index contributed by atoms with van der Waals surface area (Å²) in [7, 11) is -2.79. The molecule has 11 nitrogen and oxygen atoms in total. The van der Waals surface area contributed by atoms with Gasteiger partial charge in [0.2, 0.25) is 5.91 Å². The Kier molecular flexibility index (Phi) is 10.0. The Morgan fingerprint density at radius 3 is 2.24 bits per heavy atom. The summed E-state index contributed by atoms with van der Waals surface area (Å²) in [6.07, 6.45) is 0.884. The maximum Gasteiger partial charge on any atom is 0.276 e. The summed E-state index contributed by atoms with van der Waals surface area (Å²) in [4.78, 5) is 23.9. The summed E-state index contributed by atoms with van der Waals surface area (Å²) < 4.78 is 40.1. The molecule has 4 N–H and O–H groups in total. The van der Waals surface area contributed by atoms with Crippen LogP contribution in [0.15, 0.2) is 77.7 Å². The van der Waals surface area contributed by atoms with Crippen molar-refractivity contribution in [2.24, 2.45) is 0 Å². The zero-order chi connectivity index (χ0) is 27.5. The molecule has 202 valence electrons. The molecule has 2 amide bonds. The van der Waals surface area contributed by atoms with Crippen molar-refractivity contribution in [3.05, 3.63) is 83.9 Å². The molecule has 0 bridgehead atoms. The molecule has 0 fully saturated rings. The first-order valence-corrected chi connectivity index (χ1v) is 13.1. The third-order valence-electron chi connectivity index (χ3n) is 5.59. The number of carbonyl (C=O) groups excluding carboxylic acids is 2. The van der Waals surface area contributed by atoms with E-state index in [-0.39, 0.29) is 41.5 Å². The minimum Gasteiger partial charge on any atom is -0.497 e. The van der Waals surface area contributed by atoms with Gasteiger partial charge in [-0.1, -0.05) is 36.4 Å². The maximum atomic E-state index is 14.0. The van der Waals surface area contributed by atoms with E-state index in [1.165, 1.54) is 49.6 Å². The summed E-state index contributed by atoms with van der Waals surface area (Å²) in [5.74, 6) is -0.900. The number of unbranched alkanes of at least 4 members (excludes halogenated alkanes) is 1. The van der Waals surface area contributed by atoms with Gasteiger partial charge in [0.25, 0.3) is 15.9 Å². The molecule has 0 aliphatic rings. The summed E-state index contributed by atoms with van der Waals surface area (Å²) in [5.41, 5.74) is 3.58. The maximum absolute atomic E-state index is 14.0. The van der Waals surface area contributed by atoms with Crippen LogP contribution in [0.2, 0.25) is 0 Å². The highest BCUT2D eigenvalue weighted by atomic mass is 32.2. The number of para-hydroxylation sites is 1. The molecular formula is C26H29N3O8S. The number of sulfonamides is 1. The van der Waals surface area contributed by atoms with Crippen molar-refractivity contribution in [3.63, 3.8) is 0 Å². The molecule has 0 heterocycles. The van der Waals surface area contributed by atoms with Gasteiger partial charge >= 0.3 is 0 Å². The second-order valence-electron chi connectivity index (χ2n) is 8.11. The van der Waals surface area contributed by atoms with Gasteiger partial charge in [0, 0.05) is 6.42 Å². The lowest BCUT2D eigenvalue weighted by atomic mass is 10.1. The minimum absolute atomic E-state index is 0.0468. The van der Waals surface area contributed by atoms with Gasteiger partial charge in [0.1, 0.15) is 17.2 Å². The zero-order valence-electron chi connectivity index (χ0n) is 20.7. The van der Waals surface area contributed by atoms with Crippen molar-refractivity contribution in [1.82, 2.24) is 11.0 Å². The fraction of sp³-hybridized carbons (Fsp3) is 0.231. The van der Waals surface area contributed by atoms with Crippen LogP contribution < -0.4 is 24.7 Å². The van der Waals surface area contributed by atoms with Crippen LogP contribution in [0.3, 0.4) is 0 Å². The lowest BCUT2D eigenvalue weighted by molar-refractivity contribution is -0.129. The third kappa shape index (κ3) is 7.00. The van der Waals surface area contributed by atoms with Crippen molar-refractivity contribution < 1.29 is 37.9 Å². The number of anilines is 1. The van der Waals surface area contributed by atoms with Crippen molar-refractivity contribution in [1.29, 1.82) is 0 Å². The first-order chi connectivity index (χ1) is 18.3. The largest absolute Gasteiger partial charge is 0.497 e. The average Bonchev–Trinajstić information content (AvgIpc) is 2.95. The van der Waals surface area contributed by atoms with Crippen LogP contribution in [0.5, 0.6) is 11.5 Å². The predicted molar refractivity (Wildman–Crippen MR) is 138 cm³/mol. The highest BCUT2D eigenvalue weighted by Crippen LogP contribution is 2.38. The number of hydroxylamine groups is 2. The van der Waals surface area contributed by atoms with Crippen molar-refractivity contribution >= 4 is 27.5 Å². The van der Waals surface area contributed by atoms with Crippen LogP contribution in [-0.2, 0) is 21.4 Å². The summed E-state index contributed by atoms with van der Waals surface area (Å²) in [6, 6.07) is 19.0. The van der Waals surface area contributed by atoms with Crippen LogP contribution in [0.25, 0.3) is 0 Å². The van der Waals surface area contributed by atoms with E-state index in [9.17, 15) is 23.2 Å². The van der Waals surface area contributed by atoms with Crippen LogP contribution in [0.1, 0.15) is 35.2 Å². The molecule has 0 saturated carbocycles. The minimum atomic E-state index is -4.26. The van der Waals surface area contributed by atoms with Crippen molar-refractivity contribution in [2.75, 3.05) is 18.0 Å². The van der Waals surface area contributed by atoms with E-state index in [2.05, 4.69) is 0 Å². The molecule has 38 heavy (non-hydrogen) atoms. The van der Waals surface area contributed by atoms with Crippen molar-refractivity contribution in [2.45, 2.75) is 30.7 Å². The van der Waals surface area contributed by atoms with Gasteiger partial charge in [-0.25, -0.2) is 19.4 Å². The smallest absolute Gasteiger partial charge is 0.276 e. The van der Waals surface area contributed by atoms with Gasteiger partial charge < -0.3 is 9.47 Å². The Hall–Kier alpha value is -4.13. The number of carbonyl (C=O) groups is 2. The van der Waals surface area contributed by atoms with Gasteiger partial charge in [-0.15, -0.1) is 0 Å². The van der Waals surface area contributed by atoms with E-state index < -0.39 is 21.8 Å². The topological polar surface area (TPSA) is 154 Å². The number of ether oxygens (including phenoxy) is 2. The fourth-order valence-corrected chi connectivity index (χ4v) is 5.16. The molecule has 3 aromatic carbocycles. The average molecular weight is 544 g/mol. The first-order valence-electron chi connectivity index (χ1n) is 11.7. The van der Waals surface area contributed by atoms with Gasteiger partial charge in [0.05, 0.1) is 30.7 Å². The number of hydrogen-bond donors (Lipinski definition) is 4. The van der Waals surface area contributed by atoms with Crippen LogP contribution in [-0.4, -0.2) is 44.4 Å². The standard InChI is InChI=1S/C26H29N3O8S/c1-36-20-13-15-21(16-14-20)38(34,35)29(18-19-8-3-2-4-9-19)25-22(26(31)28-33)10-7-11-23(25)37-17-6-5-12-24(30)27-32/h2-4,7-11,13-16,32-33H,5-6,12,17-18H2,1H3,(H,27,30)(H,28,31). The quantitative estimate of drug-likeness (QED) is 0.146. The summed E-state index contributed by atoms with van der Waals surface area (Å²) in [5, 5.41) is 18.0. The monoisotopic (exact) mass is 543 g/mol. The number of methoxy groups -OCH3 is 1. The van der Waals surface area contributed by atoms with Gasteiger partial charge in [-0.2, -0.15) is 0 Å². The summed E-state index contributed by atoms with van der Waals surface area (Å²) >= 11 is 0. The normalized spacial score (nSPS) is 10.9. The number of rotatable bonds is 13. The highest BCUT2D eigenvalue weighted by molar-refractivity contribution is 7.92. The first kappa shape index (κ1) is 28.4. The Morgan fingerprint density at radius 2 is 1.61 bits per heavy atom. The lowest BCUT2D eigenvalue weighted by Gasteiger charge is -2.28. The molecule has 0 aliphatic carbocycles. The predicted octanol–water partition coefficient (Wildman–Crippen LogP) is 3.26. The van der Waals surface area contributed by atoms with Crippen molar-refractivity contribution in [3.8, 4) is 11.5 Å². The van der Waals surface area contributed by atoms with Crippen LogP contribution in [0, 0.1) is 0 Å². The Bertz CT molecular complexity index is 1330. The highest BCUT2D eigenvalue weighted by Gasteiger charge is 2.31. The number of hydrogen-bond acceptors (Lipinski definition) is 8. The number of benzene rings is 3. The van der Waals surface area contributed by atoms with E-state index in [4.69, 9.17) is 14.7 Å². The summed E-state index contributed by atoms with van der Waals surface area (Å²) in [6.45, 7) is -0.0460. The SMILES string of the molecule is COc1ccc(S(=O)(=O)N(Cc2ccccc2)c2c(OCCCCC(=O)NO)cccc2C(=O)NO)cc1. The molecule has 3 rings (SSSR count). The fourth-order valence-electron chi connectivity index (χ4n) is 3.67. The van der Waals surface area contributed by atoms with Crippen LogP contribution in [0.4, 0.5) is 5.69 Å². The Morgan fingerprint density at radius 1 is 0.895 bits per heavy atom. The molecule has 0 radical (unpaired) electrons. The number of nitrogens with one attached hydrogen (secondary N) is 2. The van der Waals surface area contributed by atoms with Gasteiger partial charge in [-0.3, -0.25) is 24.3 Å². The molecule has 12 heteroatoms. The molecular weight excluding hydrogens is 514 g/mol. The van der Waals surface area contributed by atoms with E-state index in [1.807, 2.05) is 0 Å². The second-order valence-corrected chi connectivity index (χ2v) is 9.97. The second kappa shape index (κ2) is 13.4. The van der Waals surface area contributed by atoms with Crippen LogP contribution >= 0.6 is 0 Å². The third-order valence-corrected chi connectivity index (χ3v) is 7.35. The lowest BCUT2D eigenvalue weighted by Crippen LogP contribution is -2.33. The van der Waals surface area contributed by atoms with E-state index >= 15 is 0 Å². The Balaban J connectivity index is 2.08. The molecule has 0 aromatic heterocycles. The number of nitrogens with zero attached hydrogens (tertiary/aromatic N) is 1. The zero-order valence-corrected chi connectivity index (χ0v) is 21.5. The van der Waals surface area contributed by atoms with E-state index in [1.54, 1.807) is 41.3 Å². The molecule has 3 aromatic rings. The van der Waals surface area contributed by atoms with E-state index in [0.29, 0.717) is 24.2 Å². The molecule has 0 spiro atoms. The molecule has 0 unspecified atom stereocenters.